The number of hydrogen-bond donors (Lipinski definition) is 2. The smallest absolute Gasteiger partial charge is 0.303 e. The van der Waals surface area contributed by atoms with E-state index in [1.54, 1.807) is 6.07 Å². The average Bonchev–Trinajstić information content (AvgIpc) is 2.33. The highest BCUT2D eigenvalue weighted by atomic mass is 28.3. The monoisotopic (exact) mass is 307 g/mol. The molecule has 0 atom stereocenters. The number of benzene rings is 1. The molecule has 0 aliphatic rings. The topological polar surface area (TPSA) is 66.4 Å². The summed E-state index contributed by atoms with van der Waals surface area (Å²) < 4.78 is 0. The summed E-state index contributed by atoms with van der Waals surface area (Å²) in [6.45, 7) is 10.7. The zero-order valence-electron chi connectivity index (χ0n) is 13.5. The lowest BCUT2D eigenvalue weighted by Gasteiger charge is -2.23. The molecule has 2 N–H and O–H groups in total. The van der Waals surface area contributed by atoms with Gasteiger partial charge >= 0.3 is 5.97 Å². The molecule has 0 aromatic heterocycles. The predicted octanol–water partition coefficient (Wildman–Crippen LogP) is 2.46. The third-order valence-electron chi connectivity index (χ3n) is 3.35. The zero-order chi connectivity index (χ0) is 16.3. The van der Waals surface area contributed by atoms with Gasteiger partial charge in [0.05, 0.1) is 14.5 Å². The number of carboxylic acids is 1. The van der Waals surface area contributed by atoms with Crippen molar-refractivity contribution < 1.29 is 14.7 Å². The largest absolute Gasteiger partial charge is 0.481 e. The number of rotatable bonds is 6. The number of carbonyl (C=O) groups excluding carboxylic acids is 1. The molecule has 0 fully saturated rings. The summed E-state index contributed by atoms with van der Waals surface area (Å²) in [6, 6.07) is 7.72. The Bertz CT molecular complexity index is 533. The molecule has 4 nitrogen and oxygen atoms in total. The lowest BCUT2D eigenvalue weighted by molar-refractivity contribution is -0.139. The number of carbonyl (C=O) groups is 2. The Morgan fingerprint density at radius 3 is 2.38 bits per heavy atom. The van der Waals surface area contributed by atoms with E-state index in [-0.39, 0.29) is 12.3 Å². The number of hydrogen-bond acceptors (Lipinski definition) is 2. The molecule has 0 saturated heterocycles. The number of aliphatic carboxylic acids is 1. The van der Waals surface area contributed by atoms with Gasteiger partial charge in [-0.15, -0.1) is 0 Å². The summed E-state index contributed by atoms with van der Waals surface area (Å²) in [7, 11) is -1.45. The summed E-state index contributed by atoms with van der Waals surface area (Å²) >= 11 is 0. The Balaban J connectivity index is 2.75. The first kappa shape index (κ1) is 17.4. The Morgan fingerprint density at radius 1 is 1.24 bits per heavy atom. The Kier molecular flexibility index (Phi) is 5.34. The van der Waals surface area contributed by atoms with Crippen LogP contribution in [0.4, 0.5) is 0 Å². The minimum Gasteiger partial charge on any atom is -0.481 e. The second kappa shape index (κ2) is 6.43. The Morgan fingerprint density at radius 2 is 1.86 bits per heavy atom. The molecule has 0 bridgehead atoms. The average molecular weight is 307 g/mol. The summed E-state index contributed by atoms with van der Waals surface area (Å²) in [5, 5.41) is 12.9. The van der Waals surface area contributed by atoms with Gasteiger partial charge in [-0.25, -0.2) is 0 Å². The first-order valence-electron chi connectivity index (χ1n) is 7.12. The van der Waals surface area contributed by atoms with Crippen LogP contribution in [0.3, 0.4) is 0 Å². The summed E-state index contributed by atoms with van der Waals surface area (Å²) in [5.41, 5.74) is 0.179. The maximum absolute atomic E-state index is 12.2. The van der Waals surface area contributed by atoms with Gasteiger partial charge < -0.3 is 10.4 Å². The highest BCUT2D eigenvalue weighted by molar-refractivity contribution is 6.88. The van der Waals surface area contributed by atoms with Crippen molar-refractivity contribution in [1.29, 1.82) is 0 Å². The van der Waals surface area contributed by atoms with E-state index in [0.717, 1.165) is 0 Å². The highest BCUT2D eigenvalue weighted by Gasteiger charge is 2.23. The molecule has 0 spiro atoms. The van der Waals surface area contributed by atoms with Crippen LogP contribution in [0.25, 0.3) is 0 Å². The van der Waals surface area contributed by atoms with Crippen molar-refractivity contribution in [3.8, 4) is 0 Å². The second-order valence-electron chi connectivity index (χ2n) is 7.25. The zero-order valence-corrected chi connectivity index (χ0v) is 14.5. The standard InChI is InChI=1S/C16H25NO3Si/c1-16(2,10-14(18)19)11-17-15(20)12-7-6-8-13(9-12)21(3,4)5/h6-9H,10-11H2,1-5H3,(H,17,20)(H,18,19). The Hall–Kier alpha value is -1.62. The van der Waals surface area contributed by atoms with Crippen molar-refractivity contribution in [1.82, 2.24) is 5.32 Å². The number of nitrogens with one attached hydrogen (secondary N) is 1. The van der Waals surface area contributed by atoms with Gasteiger partial charge in [-0.1, -0.05) is 56.9 Å². The van der Waals surface area contributed by atoms with Crippen molar-refractivity contribution in [3.05, 3.63) is 29.8 Å². The minimum atomic E-state index is -1.45. The number of carboxylic acid groups (broad SMARTS) is 1. The molecule has 1 aromatic carbocycles. The molecular formula is C16H25NO3Si. The van der Waals surface area contributed by atoms with Gasteiger partial charge in [0.2, 0.25) is 0 Å². The van der Waals surface area contributed by atoms with Gasteiger partial charge in [0.25, 0.3) is 5.91 Å². The molecule has 0 unspecified atom stereocenters. The lowest BCUT2D eigenvalue weighted by Crippen LogP contribution is -2.39. The molecule has 21 heavy (non-hydrogen) atoms. The maximum Gasteiger partial charge on any atom is 0.303 e. The quantitative estimate of drug-likeness (QED) is 0.793. The fraction of sp³-hybridized carbons (Fsp3) is 0.500. The van der Waals surface area contributed by atoms with Crippen molar-refractivity contribution in [2.45, 2.75) is 39.9 Å². The van der Waals surface area contributed by atoms with Crippen LogP contribution >= 0.6 is 0 Å². The van der Waals surface area contributed by atoms with Crippen molar-refractivity contribution in [2.75, 3.05) is 6.54 Å². The van der Waals surface area contributed by atoms with Crippen molar-refractivity contribution in [2.24, 2.45) is 5.41 Å². The van der Waals surface area contributed by atoms with Gasteiger partial charge in [0.1, 0.15) is 0 Å². The van der Waals surface area contributed by atoms with E-state index < -0.39 is 19.5 Å². The molecule has 0 aliphatic carbocycles. The SMILES string of the molecule is CC(C)(CNC(=O)c1cccc([Si](C)(C)C)c1)CC(=O)O. The van der Waals surface area contributed by atoms with E-state index in [9.17, 15) is 9.59 Å². The fourth-order valence-corrected chi connectivity index (χ4v) is 3.21. The molecule has 1 rings (SSSR count). The summed E-state index contributed by atoms with van der Waals surface area (Å²) in [4.78, 5) is 23.0. The van der Waals surface area contributed by atoms with E-state index in [0.29, 0.717) is 12.1 Å². The Labute approximate surface area is 127 Å². The number of amides is 1. The molecule has 0 saturated carbocycles. The van der Waals surface area contributed by atoms with E-state index in [2.05, 4.69) is 31.0 Å². The highest BCUT2D eigenvalue weighted by Crippen LogP contribution is 2.18. The van der Waals surface area contributed by atoms with Crippen LogP contribution in [-0.2, 0) is 4.79 Å². The van der Waals surface area contributed by atoms with E-state index in [1.165, 1.54) is 5.19 Å². The van der Waals surface area contributed by atoms with E-state index >= 15 is 0 Å². The van der Waals surface area contributed by atoms with Crippen LogP contribution in [-0.4, -0.2) is 31.6 Å². The first-order chi connectivity index (χ1) is 9.51. The third kappa shape index (κ3) is 5.71. The minimum absolute atomic E-state index is 0.0300. The maximum atomic E-state index is 12.2. The van der Waals surface area contributed by atoms with Crippen molar-refractivity contribution >= 4 is 25.1 Å². The molecule has 1 amide bonds. The van der Waals surface area contributed by atoms with Crippen LogP contribution in [0.1, 0.15) is 30.6 Å². The summed E-state index contributed by atoms with van der Waals surface area (Å²) in [6.07, 6.45) is 0.0300. The van der Waals surface area contributed by atoms with Gasteiger partial charge in [0.15, 0.2) is 0 Å². The molecule has 5 heteroatoms. The third-order valence-corrected chi connectivity index (χ3v) is 5.39. The van der Waals surface area contributed by atoms with Gasteiger partial charge in [-0.2, -0.15) is 0 Å². The van der Waals surface area contributed by atoms with Gasteiger partial charge in [0, 0.05) is 12.1 Å². The van der Waals surface area contributed by atoms with Crippen LogP contribution < -0.4 is 10.5 Å². The molecule has 0 heterocycles. The second-order valence-corrected chi connectivity index (χ2v) is 12.3. The lowest BCUT2D eigenvalue weighted by atomic mass is 9.89. The normalized spacial score (nSPS) is 12.0. The molecule has 116 valence electrons. The first-order valence-corrected chi connectivity index (χ1v) is 10.6. The molecular weight excluding hydrogens is 282 g/mol. The summed E-state index contributed by atoms with van der Waals surface area (Å²) in [5.74, 6) is -0.997. The van der Waals surface area contributed by atoms with Crippen molar-refractivity contribution in [3.63, 3.8) is 0 Å². The van der Waals surface area contributed by atoms with E-state index in [1.807, 2.05) is 26.0 Å². The fourth-order valence-electron chi connectivity index (χ4n) is 2.02. The molecule has 1 aromatic rings. The van der Waals surface area contributed by atoms with Gasteiger partial charge in [-0.05, 0) is 11.5 Å². The van der Waals surface area contributed by atoms with Crippen LogP contribution in [0, 0.1) is 5.41 Å². The van der Waals surface area contributed by atoms with Crippen LogP contribution in [0.5, 0.6) is 0 Å². The molecule has 0 radical (unpaired) electrons. The van der Waals surface area contributed by atoms with Gasteiger partial charge in [-0.3, -0.25) is 9.59 Å². The predicted molar refractivity (Wildman–Crippen MR) is 87.8 cm³/mol. The van der Waals surface area contributed by atoms with E-state index in [4.69, 9.17) is 5.11 Å². The van der Waals surface area contributed by atoms with Crippen LogP contribution in [0.15, 0.2) is 24.3 Å². The molecule has 0 aliphatic heterocycles. The van der Waals surface area contributed by atoms with Crippen LogP contribution in [0.2, 0.25) is 19.6 Å².